The van der Waals surface area contributed by atoms with E-state index in [0.29, 0.717) is 17.6 Å². The summed E-state index contributed by atoms with van der Waals surface area (Å²) in [5.74, 6) is 2.69. The van der Waals surface area contributed by atoms with E-state index < -0.39 is 0 Å². The molecule has 0 radical (unpaired) electrons. The molecular formula is C16H19N7. The topological polar surface area (TPSA) is 85.2 Å². The molecule has 0 aliphatic heterocycles. The normalized spacial score (nSPS) is 15.9. The van der Waals surface area contributed by atoms with E-state index in [1.165, 1.54) is 25.6 Å². The number of nitrogens with zero attached hydrogens (tertiary/aromatic N) is 6. The third-order valence-corrected chi connectivity index (χ3v) is 4.44. The predicted molar refractivity (Wildman–Crippen MR) is 85.1 cm³/mol. The minimum absolute atomic E-state index is 0.439. The standard InChI is InChI=1S/C16H19N7/c1-11-9-17-8-7-13(11)23-16(15-18-10-19-21-15)20-14(22-23)12-5-3-2-4-6-12/h7-10,12H,2-6H2,1H3,(H,18,19,21). The van der Waals surface area contributed by atoms with Crippen LogP contribution in [0.4, 0.5) is 0 Å². The SMILES string of the molecule is Cc1cnccc1-n1nc(C2CCCCC2)nc1-c1ncn[nH]1. The van der Waals surface area contributed by atoms with Crippen molar-refractivity contribution >= 4 is 0 Å². The highest BCUT2D eigenvalue weighted by Gasteiger charge is 2.24. The van der Waals surface area contributed by atoms with Gasteiger partial charge in [-0.2, -0.15) is 10.2 Å². The Bertz CT molecular complexity index is 785. The molecule has 0 atom stereocenters. The zero-order valence-electron chi connectivity index (χ0n) is 13.1. The van der Waals surface area contributed by atoms with Crippen LogP contribution in [0.5, 0.6) is 0 Å². The average molecular weight is 309 g/mol. The lowest BCUT2D eigenvalue weighted by atomic mass is 9.89. The molecule has 7 heteroatoms. The molecule has 0 bridgehead atoms. The van der Waals surface area contributed by atoms with Crippen molar-refractivity contribution in [2.75, 3.05) is 0 Å². The summed E-state index contributed by atoms with van der Waals surface area (Å²) < 4.78 is 1.86. The van der Waals surface area contributed by atoms with Crippen LogP contribution in [-0.4, -0.2) is 34.9 Å². The van der Waals surface area contributed by atoms with Crippen LogP contribution in [0.3, 0.4) is 0 Å². The highest BCUT2D eigenvalue weighted by Crippen LogP contribution is 2.32. The number of rotatable bonds is 3. The third-order valence-electron chi connectivity index (χ3n) is 4.44. The summed E-state index contributed by atoms with van der Waals surface area (Å²) in [5.41, 5.74) is 2.02. The molecule has 0 aromatic carbocycles. The lowest BCUT2D eigenvalue weighted by Gasteiger charge is -2.18. The van der Waals surface area contributed by atoms with Crippen molar-refractivity contribution < 1.29 is 0 Å². The number of nitrogens with one attached hydrogen (secondary N) is 1. The molecule has 1 N–H and O–H groups in total. The summed E-state index contributed by atoms with van der Waals surface area (Å²) in [7, 11) is 0. The fourth-order valence-electron chi connectivity index (χ4n) is 3.20. The fraction of sp³-hybridized carbons (Fsp3) is 0.438. The van der Waals surface area contributed by atoms with Crippen LogP contribution in [0.15, 0.2) is 24.8 Å². The molecule has 118 valence electrons. The van der Waals surface area contributed by atoms with E-state index in [0.717, 1.165) is 29.9 Å². The Kier molecular flexibility index (Phi) is 3.61. The second-order valence-corrected chi connectivity index (χ2v) is 6.04. The Morgan fingerprint density at radius 2 is 2.09 bits per heavy atom. The highest BCUT2D eigenvalue weighted by atomic mass is 15.4. The highest BCUT2D eigenvalue weighted by molar-refractivity contribution is 5.50. The molecule has 3 heterocycles. The first-order valence-corrected chi connectivity index (χ1v) is 8.06. The maximum atomic E-state index is 4.81. The van der Waals surface area contributed by atoms with Gasteiger partial charge in [-0.3, -0.25) is 10.1 Å². The summed E-state index contributed by atoms with van der Waals surface area (Å²) in [5, 5.41) is 11.7. The molecule has 0 unspecified atom stereocenters. The maximum absolute atomic E-state index is 4.81. The Morgan fingerprint density at radius 1 is 1.22 bits per heavy atom. The molecule has 1 aliphatic rings. The van der Waals surface area contributed by atoms with Crippen molar-refractivity contribution in [3.8, 4) is 17.3 Å². The monoisotopic (exact) mass is 309 g/mol. The van der Waals surface area contributed by atoms with Gasteiger partial charge in [-0.25, -0.2) is 14.6 Å². The van der Waals surface area contributed by atoms with E-state index >= 15 is 0 Å². The number of aromatic amines is 1. The average Bonchev–Trinajstić information content (AvgIpc) is 3.25. The van der Waals surface area contributed by atoms with Crippen LogP contribution in [0.1, 0.15) is 49.4 Å². The molecule has 0 saturated heterocycles. The van der Waals surface area contributed by atoms with Crippen molar-refractivity contribution in [1.82, 2.24) is 34.9 Å². The van der Waals surface area contributed by atoms with Gasteiger partial charge in [-0.1, -0.05) is 19.3 Å². The number of aromatic nitrogens is 7. The van der Waals surface area contributed by atoms with Crippen LogP contribution in [-0.2, 0) is 0 Å². The van der Waals surface area contributed by atoms with Gasteiger partial charge in [0.05, 0.1) is 5.69 Å². The van der Waals surface area contributed by atoms with Crippen LogP contribution in [0.2, 0.25) is 0 Å². The minimum Gasteiger partial charge on any atom is -0.264 e. The number of hydrogen-bond donors (Lipinski definition) is 1. The zero-order chi connectivity index (χ0) is 15.6. The van der Waals surface area contributed by atoms with Crippen molar-refractivity contribution in [3.05, 3.63) is 36.2 Å². The summed E-state index contributed by atoms with van der Waals surface area (Å²) >= 11 is 0. The number of pyridine rings is 1. The zero-order valence-corrected chi connectivity index (χ0v) is 13.1. The Labute approximate surface area is 134 Å². The van der Waals surface area contributed by atoms with Crippen LogP contribution in [0.25, 0.3) is 17.3 Å². The van der Waals surface area contributed by atoms with Crippen molar-refractivity contribution in [1.29, 1.82) is 0 Å². The number of hydrogen-bond acceptors (Lipinski definition) is 5. The Morgan fingerprint density at radius 3 is 2.83 bits per heavy atom. The summed E-state index contributed by atoms with van der Waals surface area (Å²) in [6, 6.07) is 1.95. The fourth-order valence-corrected chi connectivity index (χ4v) is 3.20. The molecule has 3 aromatic rings. The predicted octanol–water partition coefficient (Wildman–Crippen LogP) is 2.80. The van der Waals surface area contributed by atoms with Gasteiger partial charge in [0.2, 0.25) is 5.82 Å². The lowest BCUT2D eigenvalue weighted by molar-refractivity contribution is 0.428. The van der Waals surface area contributed by atoms with Gasteiger partial charge in [0.25, 0.3) is 0 Å². The molecule has 0 spiro atoms. The summed E-state index contributed by atoms with van der Waals surface area (Å²) in [6.07, 6.45) is 11.3. The van der Waals surface area contributed by atoms with Crippen molar-refractivity contribution in [2.24, 2.45) is 0 Å². The lowest BCUT2D eigenvalue weighted by Crippen LogP contribution is -2.07. The van der Waals surface area contributed by atoms with Gasteiger partial charge >= 0.3 is 0 Å². The first-order chi connectivity index (χ1) is 11.3. The largest absolute Gasteiger partial charge is 0.264 e. The smallest absolute Gasteiger partial charge is 0.200 e. The van der Waals surface area contributed by atoms with Gasteiger partial charge < -0.3 is 0 Å². The third kappa shape index (κ3) is 2.62. The Balaban J connectivity index is 1.83. The summed E-state index contributed by atoms with van der Waals surface area (Å²) in [6.45, 7) is 2.02. The van der Waals surface area contributed by atoms with Crippen LogP contribution in [0, 0.1) is 6.92 Å². The van der Waals surface area contributed by atoms with E-state index in [2.05, 4.69) is 20.2 Å². The molecule has 0 amide bonds. The first-order valence-electron chi connectivity index (χ1n) is 8.06. The second kappa shape index (κ2) is 5.91. The molecule has 3 aromatic heterocycles. The van der Waals surface area contributed by atoms with E-state index in [4.69, 9.17) is 10.1 Å². The molecule has 1 aliphatic carbocycles. The molecule has 1 saturated carbocycles. The van der Waals surface area contributed by atoms with E-state index in [1.807, 2.05) is 23.9 Å². The minimum atomic E-state index is 0.439. The van der Waals surface area contributed by atoms with Gasteiger partial charge in [0.15, 0.2) is 11.6 Å². The van der Waals surface area contributed by atoms with Gasteiger partial charge in [0.1, 0.15) is 6.33 Å². The molecule has 1 fully saturated rings. The molecular weight excluding hydrogens is 290 g/mol. The van der Waals surface area contributed by atoms with Crippen molar-refractivity contribution in [3.63, 3.8) is 0 Å². The summed E-state index contributed by atoms with van der Waals surface area (Å²) in [4.78, 5) is 13.2. The number of H-pyrrole nitrogens is 1. The molecule has 4 rings (SSSR count). The van der Waals surface area contributed by atoms with Gasteiger partial charge in [0, 0.05) is 18.3 Å². The number of aryl methyl sites for hydroxylation is 1. The van der Waals surface area contributed by atoms with E-state index in [1.54, 1.807) is 6.20 Å². The van der Waals surface area contributed by atoms with Crippen molar-refractivity contribution in [2.45, 2.75) is 44.9 Å². The van der Waals surface area contributed by atoms with Crippen LogP contribution < -0.4 is 0 Å². The maximum Gasteiger partial charge on any atom is 0.200 e. The van der Waals surface area contributed by atoms with E-state index in [-0.39, 0.29) is 0 Å². The first kappa shape index (κ1) is 14.0. The van der Waals surface area contributed by atoms with Gasteiger partial charge in [-0.05, 0) is 31.4 Å². The molecule has 7 nitrogen and oxygen atoms in total. The van der Waals surface area contributed by atoms with Gasteiger partial charge in [-0.15, -0.1) is 0 Å². The van der Waals surface area contributed by atoms with E-state index in [9.17, 15) is 0 Å². The Hall–Kier alpha value is -2.57. The second-order valence-electron chi connectivity index (χ2n) is 6.04. The van der Waals surface area contributed by atoms with Crippen LogP contribution >= 0.6 is 0 Å². The quantitative estimate of drug-likeness (QED) is 0.804. The molecule has 23 heavy (non-hydrogen) atoms.